The van der Waals surface area contributed by atoms with E-state index in [-0.39, 0.29) is 23.4 Å². The molecule has 0 unspecified atom stereocenters. The molecule has 2 aliphatic rings. The van der Waals surface area contributed by atoms with E-state index >= 15 is 0 Å². The second kappa shape index (κ2) is 10.2. The van der Waals surface area contributed by atoms with Crippen LogP contribution in [0.1, 0.15) is 50.8 Å². The van der Waals surface area contributed by atoms with Crippen molar-refractivity contribution >= 4 is 45.5 Å². The van der Waals surface area contributed by atoms with Gasteiger partial charge in [0, 0.05) is 36.2 Å². The number of fused-ring (bicyclic) bond motifs is 1. The number of hydrogen-bond donors (Lipinski definition) is 4. The number of rotatable bonds is 7. The molecule has 5 rings (SSSR count). The van der Waals surface area contributed by atoms with Gasteiger partial charge < -0.3 is 16.1 Å². The first-order chi connectivity index (χ1) is 18.8. The standard InChI is InChI=1S/C27H27Cl2F3N8/c1-25(2,3)14-36-22-16(10-33)12-35-24-18(22)8-17(9-19(24)28)37-23(15-4-5-21(29)34-11-15)20-13-40(39-38-20)26(6-7-26)27(30,31)32/h4-5,8-9,11-13,23,37-39H,6-7,14H2,1-3H3,(H,35,36)/t23-/m0/s1. The molecule has 3 heterocycles. The fourth-order valence-electron chi connectivity index (χ4n) is 4.52. The number of nitriles is 1. The summed E-state index contributed by atoms with van der Waals surface area (Å²) in [7, 11) is 0. The van der Waals surface area contributed by atoms with Gasteiger partial charge in [-0.25, -0.2) is 4.98 Å². The second-order valence-corrected chi connectivity index (χ2v) is 11.9. The van der Waals surface area contributed by atoms with Crippen molar-refractivity contribution in [3.05, 3.63) is 69.9 Å². The SMILES string of the molecule is CC(C)(C)CNc1c(C#N)cnc2c(Cl)cc(N[C@H](C3=CN(C4(C(F)(F)F)CC4)NN3)c3ccc(Cl)nc3)cc12. The molecule has 210 valence electrons. The quantitative estimate of drug-likeness (QED) is 0.226. The van der Waals surface area contributed by atoms with Crippen molar-refractivity contribution in [1.82, 2.24) is 25.9 Å². The lowest BCUT2D eigenvalue weighted by Crippen LogP contribution is -2.52. The Morgan fingerprint density at radius 2 is 1.90 bits per heavy atom. The zero-order valence-corrected chi connectivity index (χ0v) is 23.4. The summed E-state index contributed by atoms with van der Waals surface area (Å²) in [4.78, 5) is 8.55. The zero-order chi connectivity index (χ0) is 28.9. The summed E-state index contributed by atoms with van der Waals surface area (Å²) in [6, 6.07) is 8.37. The lowest BCUT2D eigenvalue weighted by atomic mass is 9.96. The van der Waals surface area contributed by atoms with Crippen LogP contribution in [-0.2, 0) is 0 Å². The van der Waals surface area contributed by atoms with Crippen molar-refractivity contribution in [1.29, 1.82) is 5.26 Å². The van der Waals surface area contributed by atoms with Gasteiger partial charge in [0.25, 0.3) is 0 Å². The Bertz CT molecular complexity index is 1510. The van der Waals surface area contributed by atoms with Crippen LogP contribution in [0.25, 0.3) is 10.9 Å². The molecule has 13 heteroatoms. The molecule has 1 fully saturated rings. The van der Waals surface area contributed by atoms with Crippen LogP contribution >= 0.6 is 23.2 Å². The van der Waals surface area contributed by atoms with Crippen molar-refractivity contribution in [3.8, 4) is 6.07 Å². The maximum absolute atomic E-state index is 13.8. The summed E-state index contributed by atoms with van der Waals surface area (Å²) in [5.41, 5.74) is 6.66. The van der Waals surface area contributed by atoms with Crippen LogP contribution in [0.4, 0.5) is 24.5 Å². The first-order valence-corrected chi connectivity index (χ1v) is 13.3. The predicted octanol–water partition coefficient (Wildman–Crippen LogP) is 6.68. The number of benzene rings is 1. The molecule has 4 N–H and O–H groups in total. The van der Waals surface area contributed by atoms with Crippen molar-refractivity contribution in [3.63, 3.8) is 0 Å². The summed E-state index contributed by atoms with van der Waals surface area (Å²) < 4.78 is 41.4. The molecule has 1 aliphatic heterocycles. The molecule has 3 aromatic rings. The number of nitrogens with one attached hydrogen (secondary N) is 4. The van der Waals surface area contributed by atoms with E-state index in [0.29, 0.717) is 50.7 Å². The van der Waals surface area contributed by atoms with Crippen LogP contribution in [0.15, 0.2) is 48.6 Å². The van der Waals surface area contributed by atoms with Crippen molar-refractivity contribution in [2.75, 3.05) is 17.2 Å². The van der Waals surface area contributed by atoms with Gasteiger partial charge in [-0.15, -0.1) is 5.53 Å². The fourth-order valence-corrected chi connectivity index (χ4v) is 4.90. The normalized spacial score (nSPS) is 17.2. The van der Waals surface area contributed by atoms with Crippen LogP contribution in [0, 0.1) is 16.7 Å². The topological polar surface area (TPSA) is 101 Å². The van der Waals surface area contributed by atoms with Crippen molar-refractivity contribution in [2.45, 2.75) is 51.4 Å². The van der Waals surface area contributed by atoms with Gasteiger partial charge in [-0.05, 0) is 42.0 Å². The lowest BCUT2D eigenvalue weighted by Gasteiger charge is -2.28. The molecule has 0 bridgehead atoms. The van der Waals surface area contributed by atoms with Crippen LogP contribution in [0.3, 0.4) is 0 Å². The van der Waals surface area contributed by atoms with Gasteiger partial charge >= 0.3 is 6.18 Å². The third-order valence-corrected chi connectivity index (χ3v) is 7.36. The largest absolute Gasteiger partial charge is 0.413 e. The molecule has 1 aromatic carbocycles. The van der Waals surface area contributed by atoms with Gasteiger partial charge in [0.05, 0.1) is 33.5 Å². The third kappa shape index (κ3) is 5.44. The highest BCUT2D eigenvalue weighted by Crippen LogP contribution is 2.53. The fraction of sp³-hybridized carbons (Fsp3) is 0.370. The number of nitrogens with zero attached hydrogens (tertiary/aromatic N) is 4. The van der Waals surface area contributed by atoms with E-state index in [1.807, 2.05) is 6.07 Å². The Balaban J connectivity index is 1.55. The molecule has 0 amide bonds. The molecule has 0 saturated heterocycles. The molecule has 1 atom stereocenters. The number of hydrogen-bond acceptors (Lipinski definition) is 8. The summed E-state index contributed by atoms with van der Waals surface area (Å²) >= 11 is 12.7. The van der Waals surface area contributed by atoms with Crippen LogP contribution in [0.5, 0.6) is 0 Å². The summed E-state index contributed by atoms with van der Waals surface area (Å²) in [6.45, 7) is 6.81. The summed E-state index contributed by atoms with van der Waals surface area (Å²) in [5.74, 6) is 0. The Labute approximate surface area is 239 Å². The lowest BCUT2D eigenvalue weighted by molar-refractivity contribution is -0.195. The van der Waals surface area contributed by atoms with E-state index in [4.69, 9.17) is 23.2 Å². The van der Waals surface area contributed by atoms with E-state index in [2.05, 4.69) is 58.4 Å². The minimum atomic E-state index is -4.40. The number of anilines is 2. The van der Waals surface area contributed by atoms with Gasteiger partial charge in [0.15, 0.2) is 5.54 Å². The minimum absolute atomic E-state index is 0.00555. The molecular weight excluding hydrogens is 564 g/mol. The molecule has 1 saturated carbocycles. The number of aromatic nitrogens is 2. The van der Waals surface area contributed by atoms with Gasteiger partial charge in [-0.2, -0.15) is 18.4 Å². The Morgan fingerprint density at radius 1 is 1.15 bits per heavy atom. The number of alkyl halides is 3. The highest BCUT2D eigenvalue weighted by Gasteiger charge is 2.67. The second-order valence-electron chi connectivity index (χ2n) is 11.1. The molecule has 0 radical (unpaired) electrons. The van der Waals surface area contributed by atoms with Gasteiger partial charge in [-0.3, -0.25) is 9.99 Å². The number of pyridine rings is 2. The van der Waals surface area contributed by atoms with Crippen LogP contribution in [-0.4, -0.2) is 33.2 Å². The summed E-state index contributed by atoms with van der Waals surface area (Å²) in [5, 5.41) is 18.8. The summed E-state index contributed by atoms with van der Waals surface area (Å²) in [6.07, 6.45) is 0.0442. The Kier molecular flexibility index (Phi) is 7.15. The van der Waals surface area contributed by atoms with Crippen molar-refractivity contribution in [2.24, 2.45) is 5.41 Å². The van der Waals surface area contributed by atoms with E-state index in [1.54, 1.807) is 24.4 Å². The highest BCUT2D eigenvalue weighted by molar-refractivity contribution is 6.35. The monoisotopic (exact) mass is 590 g/mol. The first kappa shape index (κ1) is 28.1. The number of halogens is 5. The average molecular weight is 591 g/mol. The van der Waals surface area contributed by atoms with E-state index in [9.17, 15) is 18.4 Å². The van der Waals surface area contributed by atoms with Crippen LogP contribution < -0.4 is 21.6 Å². The van der Waals surface area contributed by atoms with E-state index in [0.717, 1.165) is 5.01 Å². The molecule has 40 heavy (non-hydrogen) atoms. The first-order valence-electron chi connectivity index (χ1n) is 12.5. The van der Waals surface area contributed by atoms with Gasteiger partial charge in [-0.1, -0.05) is 50.0 Å². The average Bonchev–Trinajstić information content (AvgIpc) is 3.57. The Hall–Kier alpha value is -3.46. The number of hydrazine groups is 2. The molecular formula is C27H27Cl2F3N8. The van der Waals surface area contributed by atoms with Gasteiger partial charge in [0.1, 0.15) is 11.2 Å². The Morgan fingerprint density at radius 3 is 2.50 bits per heavy atom. The van der Waals surface area contributed by atoms with Crippen molar-refractivity contribution < 1.29 is 13.2 Å². The van der Waals surface area contributed by atoms with E-state index in [1.165, 1.54) is 12.4 Å². The smallest absolute Gasteiger partial charge is 0.383 e. The van der Waals surface area contributed by atoms with E-state index < -0.39 is 17.8 Å². The van der Waals surface area contributed by atoms with Crippen LogP contribution in [0.2, 0.25) is 10.2 Å². The molecule has 0 spiro atoms. The zero-order valence-electron chi connectivity index (χ0n) is 21.9. The highest BCUT2D eigenvalue weighted by atomic mass is 35.5. The maximum Gasteiger partial charge on any atom is 0.413 e. The predicted molar refractivity (Wildman–Crippen MR) is 149 cm³/mol. The third-order valence-electron chi connectivity index (χ3n) is 6.85. The molecule has 2 aromatic heterocycles. The molecule has 8 nitrogen and oxygen atoms in total. The minimum Gasteiger partial charge on any atom is -0.383 e. The van der Waals surface area contributed by atoms with Gasteiger partial charge in [0.2, 0.25) is 0 Å². The maximum atomic E-state index is 13.8. The molecule has 1 aliphatic carbocycles.